The predicted octanol–water partition coefficient (Wildman–Crippen LogP) is 2.95. The number of benzene rings is 1. The Morgan fingerprint density at radius 3 is 2.41 bits per heavy atom. The molecule has 2 N–H and O–H groups in total. The van der Waals surface area contributed by atoms with Gasteiger partial charge in [0.25, 0.3) is 5.91 Å². The Kier molecular flexibility index (Phi) is 5.16. The molecule has 1 aromatic heterocycles. The summed E-state index contributed by atoms with van der Waals surface area (Å²) in [6.45, 7) is 4.20. The minimum Gasteiger partial charge on any atom is -0.489 e. The second-order valence-electron chi connectivity index (χ2n) is 4.92. The van der Waals surface area contributed by atoms with Crippen LogP contribution in [0.15, 0.2) is 36.4 Å². The number of carboxylic acid groups (broad SMARTS) is 1. The molecule has 0 bridgehead atoms. The molecule has 0 saturated carbocycles. The SMILES string of the molecule is Cc1ccc(OC(C)CNC(=O)c2ccc(C(=O)O)s2)cc1. The van der Waals surface area contributed by atoms with Crippen LogP contribution in [0.25, 0.3) is 0 Å². The van der Waals surface area contributed by atoms with E-state index in [1.54, 1.807) is 0 Å². The quantitative estimate of drug-likeness (QED) is 0.858. The average Bonchev–Trinajstić information content (AvgIpc) is 2.97. The molecule has 2 rings (SSSR count). The Morgan fingerprint density at radius 1 is 1.18 bits per heavy atom. The highest BCUT2D eigenvalue weighted by atomic mass is 32.1. The van der Waals surface area contributed by atoms with Crippen LogP contribution in [0.2, 0.25) is 0 Å². The fraction of sp³-hybridized carbons (Fsp3) is 0.250. The molecule has 22 heavy (non-hydrogen) atoms. The maximum absolute atomic E-state index is 11.9. The second kappa shape index (κ2) is 7.09. The van der Waals surface area contributed by atoms with Crippen molar-refractivity contribution in [3.63, 3.8) is 0 Å². The summed E-state index contributed by atoms with van der Waals surface area (Å²) in [7, 11) is 0. The molecule has 5 nitrogen and oxygen atoms in total. The lowest BCUT2D eigenvalue weighted by Gasteiger charge is -2.15. The molecular weight excluding hydrogens is 302 g/mol. The molecule has 0 aliphatic heterocycles. The van der Waals surface area contributed by atoms with Crippen LogP contribution in [0, 0.1) is 6.92 Å². The third kappa shape index (κ3) is 4.33. The van der Waals surface area contributed by atoms with Crippen LogP contribution in [0.3, 0.4) is 0 Å². The monoisotopic (exact) mass is 319 g/mol. The Morgan fingerprint density at radius 2 is 1.82 bits per heavy atom. The predicted molar refractivity (Wildman–Crippen MR) is 84.9 cm³/mol. The van der Waals surface area contributed by atoms with Crippen LogP contribution in [-0.4, -0.2) is 29.6 Å². The molecule has 0 radical (unpaired) electrons. The van der Waals surface area contributed by atoms with Crippen LogP contribution in [0.5, 0.6) is 5.75 Å². The summed E-state index contributed by atoms with van der Waals surface area (Å²) in [4.78, 5) is 23.2. The minimum absolute atomic E-state index is 0.147. The zero-order valence-corrected chi connectivity index (χ0v) is 13.1. The summed E-state index contributed by atoms with van der Waals surface area (Å²) in [5.74, 6) is -0.575. The van der Waals surface area contributed by atoms with Crippen molar-refractivity contribution in [1.29, 1.82) is 0 Å². The van der Waals surface area contributed by atoms with Crippen LogP contribution in [0.4, 0.5) is 0 Å². The zero-order valence-electron chi connectivity index (χ0n) is 12.3. The van der Waals surface area contributed by atoms with Gasteiger partial charge in [-0.15, -0.1) is 11.3 Å². The van der Waals surface area contributed by atoms with E-state index >= 15 is 0 Å². The van der Waals surface area contributed by atoms with E-state index in [9.17, 15) is 9.59 Å². The van der Waals surface area contributed by atoms with Crippen LogP contribution in [-0.2, 0) is 0 Å². The van der Waals surface area contributed by atoms with Gasteiger partial charge in [-0.25, -0.2) is 4.79 Å². The summed E-state index contributed by atoms with van der Waals surface area (Å²) in [5.41, 5.74) is 1.15. The van der Waals surface area contributed by atoms with Crippen molar-refractivity contribution in [3.05, 3.63) is 51.7 Å². The van der Waals surface area contributed by atoms with Gasteiger partial charge in [-0.1, -0.05) is 17.7 Å². The van der Waals surface area contributed by atoms with Crippen molar-refractivity contribution in [1.82, 2.24) is 5.32 Å². The van der Waals surface area contributed by atoms with Crippen LogP contribution >= 0.6 is 11.3 Å². The Labute approximate surface area is 132 Å². The smallest absolute Gasteiger partial charge is 0.345 e. The van der Waals surface area contributed by atoms with Gasteiger partial charge < -0.3 is 15.2 Å². The van der Waals surface area contributed by atoms with E-state index in [4.69, 9.17) is 9.84 Å². The molecule has 0 saturated heterocycles. The number of hydrogen-bond acceptors (Lipinski definition) is 4. The van der Waals surface area contributed by atoms with Gasteiger partial charge in [-0.3, -0.25) is 4.79 Å². The number of aryl methyl sites for hydroxylation is 1. The number of amides is 1. The van der Waals surface area contributed by atoms with Crippen molar-refractivity contribution in [2.75, 3.05) is 6.54 Å². The molecule has 1 amide bonds. The first-order valence-electron chi connectivity index (χ1n) is 6.80. The summed E-state index contributed by atoms with van der Waals surface area (Å²) < 4.78 is 5.69. The summed E-state index contributed by atoms with van der Waals surface area (Å²) in [6, 6.07) is 10.6. The number of nitrogens with one attached hydrogen (secondary N) is 1. The van der Waals surface area contributed by atoms with Crippen molar-refractivity contribution >= 4 is 23.2 Å². The van der Waals surface area contributed by atoms with Crippen molar-refractivity contribution < 1.29 is 19.4 Å². The van der Waals surface area contributed by atoms with E-state index in [1.165, 1.54) is 12.1 Å². The average molecular weight is 319 g/mol. The van der Waals surface area contributed by atoms with Gasteiger partial charge >= 0.3 is 5.97 Å². The summed E-state index contributed by atoms with van der Waals surface area (Å²) in [6.07, 6.45) is -0.189. The third-order valence-corrected chi connectivity index (χ3v) is 4.02. The first kappa shape index (κ1) is 16.0. The topological polar surface area (TPSA) is 75.6 Å². The lowest BCUT2D eigenvalue weighted by Crippen LogP contribution is -2.33. The molecule has 0 fully saturated rings. The Bertz CT molecular complexity index is 663. The molecule has 0 aliphatic rings. The highest BCUT2D eigenvalue weighted by molar-refractivity contribution is 7.15. The Balaban J connectivity index is 1.84. The van der Waals surface area contributed by atoms with Gasteiger partial charge in [0.05, 0.1) is 11.4 Å². The molecule has 0 aliphatic carbocycles. The number of hydrogen-bond donors (Lipinski definition) is 2. The Hall–Kier alpha value is -2.34. The lowest BCUT2D eigenvalue weighted by molar-refractivity contribution is 0.0702. The number of aromatic carboxylic acids is 1. The van der Waals surface area contributed by atoms with Gasteiger partial charge in [0.1, 0.15) is 16.7 Å². The number of carbonyl (C=O) groups excluding carboxylic acids is 1. The number of thiophene rings is 1. The van der Waals surface area contributed by atoms with Gasteiger partial charge in [0.15, 0.2) is 0 Å². The van der Waals surface area contributed by atoms with Gasteiger partial charge in [-0.2, -0.15) is 0 Å². The molecule has 1 unspecified atom stereocenters. The van der Waals surface area contributed by atoms with Crippen molar-refractivity contribution in [2.24, 2.45) is 0 Å². The highest BCUT2D eigenvalue weighted by Gasteiger charge is 2.14. The third-order valence-electron chi connectivity index (χ3n) is 2.95. The number of ether oxygens (including phenoxy) is 1. The molecule has 116 valence electrons. The van der Waals surface area contributed by atoms with Crippen molar-refractivity contribution in [3.8, 4) is 5.75 Å². The zero-order chi connectivity index (χ0) is 16.1. The van der Waals surface area contributed by atoms with E-state index in [0.29, 0.717) is 11.4 Å². The normalized spacial score (nSPS) is 11.7. The standard InChI is InChI=1S/C16H17NO4S/c1-10-3-5-12(6-4-10)21-11(2)9-17-15(18)13-7-8-14(22-13)16(19)20/h3-8,11H,9H2,1-2H3,(H,17,18)(H,19,20). The summed E-state index contributed by atoms with van der Waals surface area (Å²) >= 11 is 0.954. The van der Waals surface area contributed by atoms with Crippen LogP contribution in [0.1, 0.15) is 31.8 Å². The van der Waals surface area contributed by atoms with Gasteiger partial charge in [0, 0.05) is 0 Å². The van der Waals surface area contributed by atoms with E-state index in [-0.39, 0.29) is 16.9 Å². The fourth-order valence-corrected chi connectivity index (χ4v) is 2.55. The first-order chi connectivity index (χ1) is 10.5. The van der Waals surface area contributed by atoms with Gasteiger partial charge in [0.2, 0.25) is 0 Å². The molecule has 0 spiro atoms. The molecule has 6 heteroatoms. The molecular formula is C16H17NO4S. The number of carbonyl (C=O) groups is 2. The van der Waals surface area contributed by atoms with E-state index in [0.717, 1.165) is 22.6 Å². The van der Waals surface area contributed by atoms with Gasteiger partial charge in [-0.05, 0) is 38.1 Å². The molecule has 1 heterocycles. The highest BCUT2D eigenvalue weighted by Crippen LogP contribution is 2.16. The van der Waals surface area contributed by atoms with E-state index < -0.39 is 5.97 Å². The van der Waals surface area contributed by atoms with E-state index in [1.807, 2.05) is 38.1 Å². The maximum atomic E-state index is 11.9. The molecule has 1 atom stereocenters. The van der Waals surface area contributed by atoms with Crippen molar-refractivity contribution in [2.45, 2.75) is 20.0 Å². The summed E-state index contributed by atoms with van der Waals surface area (Å²) in [5, 5.41) is 11.6. The number of rotatable bonds is 6. The largest absolute Gasteiger partial charge is 0.489 e. The maximum Gasteiger partial charge on any atom is 0.345 e. The number of carboxylic acids is 1. The second-order valence-corrected chi connectivity index (χ2v) is 6.00. The molecule has 1 aromatic carbocycles. The molecule has 2 aromatic rings. The lowest BCUT2D eigenvalue weighted by atomic mass is 10.2. The minimum atomic E-state index is -1.03. The fourth-order valence-electron chi connectivity index (χ4n) is 1.79. The first-order valence-corrected chi connectivity index (χ1v) is 7.62. The van der Waals surface area contributed by atoms with E-state index in [2.05, 4.69) is 5.32 Å². The van der Waals surface area contributed by atoms with Crippen LogP contribution < -0.4 is 10.1 Å².